The van der Waals surface area contributed by atoms with Crippen molar-refractivity contribution >= 4 is 5.97 Å². The van der Waals surface area contributed by atoms with Crippen LogP contribution in [-0.2, 0) is 4.74 Å². The second kappa shape index (κ2) is 4.87. The van der Waals surface area contributed by atoms with E-state index in [0.717, 1.165) is 5.69 Å². The van der Waals surface area contributed by atoms with Crippen molar-refractivity contribution in [2.24, 2.45) is 0 Å². The van der Waals surface area contributed by atoms with Gasteiger partial charge in [0, 0.05) is 18.1 Å². The Morgan fingerprint density at radius 1 is 1.18 bits per heavy atom. The molecule has 0 aliphatic carbocycles. The monoisotopic (exact) mass is 229 g/mol. The molecule has 0 unspecified atom stereocenters. The van der Waals surface area contributed by atoms with Gasteiger partial charge in [-0.25, -0.2) is 4.79 Å². The fraction of sp³-hybridized carbons (Fsp3) is 0.214. The molecule has 0 saturated heterocycles. The SMILES string of the molecule is CC(C)OC(=O)c1ccn(-c2ccccc2)c1. The van der Waals surface area contributed by atoms with Gasteiger partial charge in [-0.2, -0.15) is 0 Å². The second-order valence-corrected chi connectivity index (χ2v) is 4.10. The van der Waals surface area contributed by atoms with Crippen LogP contribution in [0.25, 0.3) is 5.69 Å². The molecular formula is C14H15NO2. The lowest BCUT2D eigenvalue weighted by molar-refractivity contribution is 0.0378. The van der Waals surface area contributed by atoms with Gasteiger partial charge in [0.25, 0.3) is 0 Å². The van der Waals surface area contributed by atoms with Gasteiger partial charge in [-0.1, -0.05) is 18.2 Å². The third kappa shape index (κ3) is 2.75. The summed E-state index contributed by atoms with van der Waals surface area (Å²) in [6.45, 7) is 3.68. The van der Waals surface area contributed by atoms with E-state index in [0.29, 0.717) is 5.56 Å². The van der Waals surface area contributed by atoms with Crippen LogP contribution in [0.2, 0.25) is 0 Å². The Morgan fingerprint density at radius 2 is 1.88 bits per heavy atom. The molecule has 1 aromatic heterocycles. The third-order valence-electron chi connectivity index (χ3n) is 2.33. The van der Waals surface area contributed by atoms with Crippen LogP contribution in [0.1, 0.15) is 24.2 Å². The zero-order chi connectivity index (χ0) is 12.3. The summed E-state index contributed by atoms with van der Waals surface area (Å²) in [5.41, 5.74) is 1.60. The van der Waals surface area contributed by atoms with Gasteiger partial charge in [0.15, 0.2) is 0 Å². The Bertz CT molecular complexity index is 500. The van der Waals surface area contributed by atoms with Crippen LogP contribution < -0.4 is 0 Å². The largest absolute Gasteiger partial charge is 0.459 e. The van der Waals surface area contributed by atoms with E-state index in [1.165, 1.54) is 0 Å². The lowest BCUT2D eigenvalue weighted by atomic mass is 10.3. The highest BCUT2D eigenvalue weighted by molar-refractivity contribution is 5.89. The lowest BCUT2D eigenvalue weighted by Gasteiger charge is -2.06. The van der Waals surface area contributed by atoms with Gasteiger partial charge >= 0.3 is 5.97 Å². The summed E-state index contributed by atoms with van der Waals surface area (Å²) in [6, 6.07) is 11.6. The minimum atomic E-state index is -0.283. The number of nitrogens with zero attached hydrogens (tertiary/aromatic N) is 1. The van der Waals surface area contributed by atoms with Crippen LogP contribution in [0.3, 0.4) is 0 Å². The van der Waals surface area contributed by atoms with Crippen molar-refractivity contribution in [3.8, 4) is 5.69 Å². The first-order valence-corrected chi connectivity index (χ1v) is 5.61. The zero-order valence-corrected chi connectivity index (χ0v) is 9.96. The fourth-order valence-corrected chi connectivity index (χ4v) is 1.56. The molecule has 88 valence electrons. The number of benzene rings is 1. The zero-order valence-electron chi connectivity index (χ0n) is 9.96. The number of hydrogen-bond donors (Lipinski definition) is 0. The van der Waals surface area contributed by atoms with Crippen molar-refractivity contribution in [3.63, 3.8) is 0 Å². The maximum absolute atomic E-state index is 11.7. The summed E-state index contributed by atoms with van der Waals surface area (Å²) in [6.07, 6.45) is 3.54. The fourth-order valence-electron chi connectivity index (χ4n) is 1.56. The van der Waals surface area contributed by atoms with Gasteiger partial charge in [-0.3, -0.25) is 0 Å². The topological polar surface area (TPSA) is 31.2 Å². The molecule has 0 amide bonds. The smallest absolute Gasteiger partial charge is 0.339 e. The molecule has 0 bridgehead atoms. The number of para-hydroxylation sites is 1. The molecule has 0 saturated carbocycles. The first kappa shape index (κ1) is 11.5. The molecule has 17 heavy (non-hydrogen) atoms. The average molecular weight is 229 g/mol. The van der Waals surface area contributed by atoms with Gasteiger partial charge < -0.3 is 9.30 Å². The summed E-state index contributed by atoms with van der Waals surface area (Å²) >= 11 is 0. The van der Waals surface area contributed by atoms with Crippen molar-refractivity contribution < 1.29 is 9.53 Å². The first-order chi connectivity index (χ1) is 8.16. The van der Waals surface area contributed by atoms with Gasteiger partial charge in [0.2, 0.25) is 0 Å². The molecule has 1 heterocycles. The Balaban J connectivity index is 2.19. The van der Waals surface area contributed by atoms with Crippen LogP contribution in [0.4, 0.5) is 0 Å². The molecule has 3 nitrogen and oxygen atoms in total. The molecule has 0 radical (unpaired) electrons. The van der Waals surface area contributed by atoms with Crippen molar-refractivity contribution in [1.29, 1.82) is 0 Å². The third-order valence-corrected chi connectivity index (χ3v) is 2.33. The summed E-state index contributed by atoms with van der Waals surface area (Å²) in [5.74, 6) is -0.283. The molecule has 0 atom stereocenters. The van der Waals surface area contributed by atoms with Gasteiger partial charge in [0.05, 0.1) is 11.7 Å². The highest BCUT2D eigenvalue weighted by Crippen LogP contribution is 2.11. The quantitative estimate of drug-likeness (QED) is 0.757. The van der Waals surface area contributed by atoms with Crippen LogP contribution in [-0.4, -0.2) is 16.6 Å². The summed E-state index contributed by atoms with van der Waals surface area (Å²) in [7, 11) is 0. The van der Waals surface area contributed by atoms with Crippen molar-refractivity contribution in [1.82, 2.24) is 4.57 Å². The van der Waals surface area contributed by atoms with Crippen molar-refractivity contribution in [2.75, 3.05) is 0 Å². The number of esters is 1. The van der Waals surface area contributed by atoms with E-state index in [2.05, 4.69) is 0 Å². The van der Waals surface area contributed by atoms with E-state index in [1.54, 1.807) is 12.3 Å². The maximum Gasteiger partial charge on any atom is 0.339 e. The highest BCUT2D eigenvalue weighted by Gasteiger charge is 2.10. The Morgan fingerprint density at radius 3 is 2.53 bits per heavy atom. The van der Waals surface area contributed by atoms with E-state index < -0.39 is 0 Å². The number of aromatic nitrogens is 1. The second-order valence-electron chi connectivity index (χ2n) is 4.10. The molecule has 0 fully saturated rings. The molecule has 0 N–H and O–H groups in total. The van der Waals surface area contributed by atoms with Crippen molar-refractivity contribution in [3.05, 3.63) is 54.4 Å². The Hall–Kier alpha value is -2.03. The molecule has 0 aliphatic rings. The van der Waals surface area contributed by atoms with Gasteiger partial charge in [-0.15, -0.1) is 0 Å². The maximum atomic E-state index is 11.7. The molecule has 2 rings (SSSR count). The highest BCUT2D eigenvalue weighted by atomic mass is 16.5. The predicted octanol–water partition coefficient (Wildman–Crippen LogP) is 3.04. The molecule has 3 heteroatoms. The number of carbonyl (C=O) groups excluding carboxylic acids is 1. The average Bonchev–Trinajstić information content (AvgIpc) is 2.78. The van der Waals surface area contributed by atoms with Crippen molar-refractivity contribution in [2.45, 2.75) is 20.0 Å². The molecule has 0 aliphatic heterocycles. The normalized spacial score (nSPS) is 10.5. The van der Waals surface area contributed by atoms with Crippen LogP contribution in [0.15, 0.2) is 48.8 Å². The lowest BCUT2D eigenvalue weighted by Crippen LogP contribution is -2.10. The van der Waals surface area contributed by atoms with E-state index in [-0.39, 0.29) is 12.1 Å². The summed E-state index contributed by atoms with van der Waals surface area (Å²) in [5, 5.41) is 0. The Kier molecular flexibility index (Phi) is 3.28. The number of hydrogen-bond acceptors (Lipinski definition) is 2. The number of ether oxygens (including phenoxy) is 1. The van der Waals surface area contributed by atoms with E-state index in [9.17, 15) is 4.79 Å². The minimum Gasteiger partial charge on any atom is -0.459 e. The standard InChI is InChI=1S/C14H15NO2/c1-11(2)17-14(16)12-8-9-15(10-12)13-6-4-3-5-7-13/h3-11H,1-2H3. The summed E-state index contributed by atoms with van der Waals surface area (Å²) < 4.78 is 7.03. The Labute approximate surface area is 101 Å². The van der Waals surface area contributed by atoms with E-state index in [1.807, 2.05) is 54.9 Å². The van der Waals surface area contributed by atoms with Gasteiger partial charge in [0.1, 0.15) is 0 Å². The predicted molar refractivity (Wildman–Crippen MR) is 66.3 cm³/mol. The molecule has 1 aromatic carbocycles. The summed E-state index contributed by atoms with van der Waals surface area (Å²) in [4.78, 5) is 11.7. The number of rotatable bonds is 3. The van der Waals surface area contributed by atoms with Crippen LogP contribution >= 0.6 is 0 Å². The molecule has 0 spiro atoms. The van der Waals surface area contributed by atoms with Crippen LogP contribution in [0.5, 0.6) is 0 Å². The molecular weight excluding hydrogens is 214 g/mol. The minimum absolute atomic E-state index is 0.0948. The van der Waals surface area contributed by atoms with Crippen LogP contribution in [0, 0.1) is 0 Å². The molecule has 2 aromatic rings. The number of carbonyl (C=O) groups is 1. The van der Waals surface area contributed by atoms with E-state index >= 15 is 0 Å². The first-order valence-electron chi connectivity index (χ1n) is 5.61. The van der Waals surface area contributed by atoms with E-state index in [4.69, 9.17) is 4.74 Å². The van der Waals surface area contributed by atoms with Gasteiger partial charge in [-0.05, 0) is 32.0 Å².